The summed E-state index contributed by atoms with van der Waals surface area (Å²) < 4.78 is 92.5. The van der Waals surface area contributed by atoms with Crippen molar-refractivity contribution in [2.75, 3.05) is 24.1 Å². The van der Waals surface area contributed by atoms with Crippen LogP contribution >= 0.6 is 0 Å². The van der Waals surface area contributed by atoms with Crippen LogP contribution < -0.4 is 15.8 Å². The third kappa shape index (κ3) is 7.42. The van der Waals surface area contributed by atoms with Gasteiger partial charge in [0.1, 0.15) is 18.0 Å². The van der Waals surface area contributed by atoms with Crippen molar-refractivity contribution in [1.29, 1.82) is 10.5 Å². The molecule has 6 N–H and O–H groups in total. The molecule has 0 atom stereocenters. The number of benzene rings is 2. The van der Waals surface area contributed by atoms with Gasteiger partial charge in [-0.15, -0.1) is 0 Å². The maximum absolute atomic E-state index is 12.5. The van der Waals surface area contributed by atoms with Crippen LogP contribution in [-0.4, -0.2) is 62.4 Å². The zero-order valence-corrected chi connectivity index (χ0v) is 21.9. The van der Waals surface area contributed by atoms with E-state index in [2.05, 4.69) is 25.0 Å². The molecule has 16 nitrogen and oxygen atoms in total. The number of hydrogen-bond donors (Lipinski definition) is 5. The van der Waals surface area contributed by atoms with Crippen LogP contribution in [-0.2, 0) is 36.7 Å². The molecule has 39 heavy (non-hydrogen) atoms. The molecule has 0 aliphatic carbocycles. The second-order valence-corrected chi connectivity index (χ2v) is 12.2. The minimum atomic E-state index is -4.79. The Bertz CT molecular complexity index is 1850. The van der Waals surface area contributed by atoms with Gasteiger partial charge in [0.05, 0.1) is 25.8 Å². The van der Waals surface area contributed by atoms with Gasteiger partial charge in [0.25, 0.3) is 20.2 Å². The van der Waals surface area contributed by atoms with E-state index in [1.807, 2.05) is 0 Å². The van der Waals surface area contributed by atoms with Crippen LogP contribution in [0, 0.1) is 22.7 Å². The van der Waals surface area contributed by atoms with Crippen LogP contribution in [0.5, 0.6) is 0 Å². The predicted octanol–water partition coefficient (Wildman–Crippen LogP) is -0.328. The van der Waals surface area contributed by atoms with Gasteiger partial charge in [0, 0.05) is 19.5 Å². The van der Waals surface area contributed by atoms with Crippen molar-refractivity contribution in [3.8, 4) is 12.1 Å². The molecule has 0 unspecified atom stereocenters. The molecule has 0 radical (unpaired) electrons. The van der Waals surface area contributed by atoms with Crippen molar-refractivity contribution in [3.05, 3.63) is 58.9 Å². The third-order valence-electron chi connectivity index (χ3n) is 4.90. The fourth-order valence-electron chi connectivity index (χ4n) is 3.20. The molecular formula is C20H18N8O8S3. The molecule has 1 heterocycles. The average molecular weight is 595 g/mol. The van der Waals surface area contributed by atoms with E-state index in [4.69, 9.17) is 16.3 Å². The summed E-state index contributed by atoms with van der Waals surface area (Å²) in [6.07, 6.45) is -0.452. The molecule has 3 aromatic rings. The molecule has 0 fully saturated rings. The van der Waals surface area contributed by atoms with Gasteiger partial charge in [-0.2, -0.15) is 42.3 Å². The summed E-state index contributed by atoms with van der Waals surface area (Å²) in [5.74, 6) is -0.602. The topological polar surface area (TPSA) is 279 Å². The molecule has 0 amide bonds. The van der Waals surface area contributed by atoms with Crippen molar-refractivity contribution in [3.63, 3.8) is 0 Å². The Morgan fingerprint density at radius 1 is 0.821 bits per heavy atom. The van der Waals surface area contributed by atoms with Gasteiger partial charge in [-0.05, 0) is 42.0 Å². The molecule has 2 aromatic carbocycles. The lowest BCUT2D eigenvalue weighted by Gasteiger charge is -2.11. The molecule has 1 aromatic heterocycles. The summed E-state index contributed by atoms with van der Waals surface area (Å²) in [6.45, 7) is -0.257. The van der Waals surface area contributed by atoms with E-state index in [1.54, 1.807) is 12.1 Å². The number of nitrogens with one attached hydrogen (secondary N) is 2. The Balaban J connectivity index is 1.76. The monoisotopic (exact) mass is 594 g/mol. The van der Waals surface area contributed by atoms with E-state index in [9.17, 15) is 34.4 Å². The highest BCUT2D eigenvalue weighted by Crippen LogP contribution is 2.23. The second-order valence-electron chi connectivity index (χ2n) is 7.59. The van der Waals surface area contributed by atoms with Gasteiger partial charge >= 0.3 is 0 Å². The van der Waals surface area contributed by atoms with Crippen molar-refractivity contribution >= 4 is 42.2 Å². The van der Waals surface area contributed by atoms with Gasteiger partial charge in [-0.3, -0.25) is 9.11 Å². The Kier molecular flexibility index (Phi) is 8.45. The number of sulfonamides is 1. The molecule has 0 spiro atoms. The van der Waals surface area contributed by atoms with Crippen molar-refractivity contribution in [1.82, 2.24) is 19.7 Å². The van der Waals surface area contributed by atoms with Crippen LogP contribution in [0.2, 0.25) is 0 Å². The first-order valence-corrected chi connectivity index (χ1v) is 14.8. The van der Waals surface area contributed by atoms with Gasteiger partial charge in [-0.25, -0.2) is 13.1 Å². The highest BCUT2D eigenvalue weighted by molar-refractivity contribution is 7.89. The maximum Gasteiger partial charge on any atom is 0.294 e. The van der Waals surface area contributed by atoms with Crippen LogP contribution in [0.15, 0.2) is 51.1 Å². The summed E-state index contributed by atoms with van der Waals surface area (Å²) in [5.41, 5.74) is 5.32. The number of hydrogen-bond acceptors (Lipinski definition) is 13. The summed E-state index contributed by atoms with van der Waals surface area (Å²) in [7, 11) is -13.5. The van der Waals surface area contributed by atoms with Crippen LogP contribution in [0.25, 0.3) is 0 Å². The molecule has 3 rings (SSSR count). The van der Waals surface area contributed by atoms with Gasteiger partial charge in [0.15, 0.2) is 0 Å². The largest absolute Gasteiger partial charge is 0.368 e. The lowest BCUT2D eigenvalue weighted by molar-refractivity contribution is 0.477. The molecule has 0 saturated carbocycles. The standard InChI is InChI=1S/C20H18N8O8S3/c21-10-12-1-2-15(8-14(12)11-22)37(29,30)25-6-5-24-20-27-18(26-19(23)28-20)9-13-7-16(38(31,32)33)3-4-17(13)39(34,35)36/h1-4,7-8,25H,5-6,9H2,(H,31,32,33)(H,34,35,36)(H3,23,24,26,27,28). The van der Waals surface area contributed by atoms with Gasteiger partial charge < -0.3 is 11.1 Å². The third-order valence-corrected chi connectivity index (χ3v) is 8.16. The molecular weight excluding hydrogens is 576 g/mol. The molecule has 19 heteroatoms. The molecule has 0 aliphatic heterocycles. The predicted molar refractivity (Wildman–Crippen MR) is 133 cm³/mol. The second kappa shape index (κ2) is 11.2. The molecule has 0 bridgehead atoms. The van der Waals surface area contributed by atoms with E-state index in [0.29, 0.717) is 0 Å². The van der Waals surface area contributed by atoms with Crippen LogP contribution in [0.4, 0.5) is 11.9 Å². The average Bonchev–Trinajstić information content (AvgIpc) is 2.84. The summed E-state index contributed by atoms with van der Waals surface area (Å²) in [5, 5.41) is 20.7. The Hall–Kier alpha value is -4.24. The molecule has 0 saturated heterocycles. The fraction of sp³-hybridized carbons (Fsp3) is 0.150. The first-order chi connectivity index (χ1) is 18.1. The maximum atomic E-state index is 12.5. The van der Waals surface area contributed by atoms with E-state index in [-0.39, 0.29) is 52.4 Å². The SMILES string of the molecule is N#Cc1ccc(S(=O)(=O)NCCNc2nc(N)nc(Cc3cc(S(=O)(=O)O)ccc3S(=O)(=O)O)n2)cc1C#N. The van der Waals surface area contributed by atoms with Crippen molar-refractivity contribution in [2.24, 2.45) is 0 Å². The number of nitrogens with two attached hydrogens (primary N) is 1. The summed E-state index contributed by atoms with van der Waals surface area (Å²) in [4.78, 5) is 10.2. The highest BCUT2D eigenvalue weighted by atomic mass is 32.2. The van der Waals surface area contributed by atoms with E-state index in [1.165, 1.54) is 12.1 Å². The first kappa shape index (κ1) is 29.3. The quantitative estimate of drug-likeness (QED) is 0.148. The smallest absolute Gasteiger partial charge is 0.294 e. The highest BCUT2D eigenvalue weighted by Gasteiger charge is 2.21. The zero-order valence-electron chi connectivity index (χ0n) is 19.5. The van der Waals surface area contributed by atoms with Crippen molar-refractivity contribution < 1.29 is 34.4 Å². The summed E-state index contributed by atoms with van der Waals surface area (Å²) >= 11 is 0. The lowest BCUT2D eigenvalue weighted by atomic mass is 10.1. The molecule has 0 aliphatic rings. The zero-order chi connectivity index (χ0) is 29.0. The van der Waals surface area contributed by atoms with Gasteiger partial charge in [0.2, 0.25) is 21.9 Å². The number of nitriles is 2. The van der Waals surface area contributed by atoms with E-state index >= 15 is 0 Å². The number of aromatic nitrogens is 3. The van der Waals surface area contributed by atoms with Crippen LogP contribution in [0.1, 0.15) is 22.5 Å². The first-order valence-electron chi connectivity index (χ1n) is 10.4. The van der Waals surface area contributed by atoms with Gasteiger partial charge in [-0.1, -0.05) is 0 Å². The van der Waals surface area contributed by atoms with E-state index in [0.717, 1.165) is 24.3 Å². The number of anilines is 2. The Morgan fingerprint density at radius 3 is 2.10 bits per heavy atom. The minimum Gasteiger partial charge on any atom is -0.368 e. The Labute approximate surface area is 222 Å². The Morgan fingerprint density at radius 2 is 1.49 bits per heavy atom. The molecule has 204 valence electrons. The lowest BCUT2D eigenvalue weighted by Crippen LogP contribution is -2.29. The number of nitrogens with zero attached hydrogens (tertiary/aromatic N) is 5. The summed E-state index contributed by atoms with van der Waals surface area (Å²) in [6, 6.07) is 9.37. The van der Waals surface area contributed by atoms with Crippen molar-refractivity contribution in [2.45, 2.75) is 21.1 Å². The van der Waals surface area contributed by atoms with E-state index < -0.39 is 46.5 Å². The minimum absolute atomic E-state index is 0.0229. The normalized spacial score (nSPS) is 11.9. The number of nitrogen functional groups attached to an aromatic ring is 1. The van der Waals surface area contributed by atoms with Crippen LogP contribution in [0.3, 0.4) is 0 Å². The fourth-order valence-corrected chi connectivity index (χ4v) is 5.49. The number of rotatable bonds is 10.